The first kappa shape index (κ1) is 69.7. The molecule has 25 nitrogen and oxygen atoms in total. The molecule has 2 aromatic carbocycles. The predicted octanol–water partition coefficient (Wildman–Crippen LogP) is 2.03. The highest BCUT2D eigenvalue weighted by atomic mass is 19.4. The topological polar surface area (TPSA) is 410 Å². The second-order valence-corrected chi connectivity index (χ2v) is 17.1. The third-order valence-corrected chi connectivity index (χ3v) is 10.8. The van der Waals surface area contributed by atoms with E-state index in [4.69, 9.17) is 52.6 Å². The van der Waals surface area contributed by atoms with Gasteiger partial charge in [0.2, 0.25) is 29.5 Å². The number of amides is 6. The highest BCUT2D eigenvalue weighted by molar-refractivity contribution is 6.18. The molecule has 446 valence electrons. The summed E-state index contributed by atoms with van der Waals surface area (Å²) in [5.74, 6) is -10.5. The molecule has 0 radical (unpaired) electrons. The van der Waals surface area contributed by atoms with E-state index in [9.17, 15) is 68.3 Å². The molecule has 0 aromatic heterocycles. The lowest BCUT2D eigenvalue weighted by molar-refractivity contribution is -0.193. The first-order valence-electron chi connectivity index (χ1n) is 23.8. The number of unbranched alkanes of at least 4 members (excludes halogenated alkanes) is 1. The van der Waals surface area contributed by atoms with Crippen molar-refractivity contribution in [2.24, 2.45) is 38.8 Å². The molecule has 0 bridgehead atoms. The maximum absolute atomic E-state index is 13.9. The van der Waals surface area contributed by atoms with E-state index in [0.29, 0.717) is 60.9 Å². The number of guanidine groups is 2. The summed E-state index contributed by atoms with van der Waals surface area (Å²) < 4.78 is 95.2. The minimum atomic E-state index is -5.08. The van der Waals surface area contributed by atoms with E-state index in [1.165, 1.54) is 6.92 Å². The van der Waals surface area contributed by atoms with Crippen LogP contribution in [0.15, 0.2) is 58.5 Å². The number of aliphatic carboxylic acids is 3. The molecule has 6 amide bonds. The van der Waals surface area contributed by atoms with Crippen molar-refractivity contribution in [2.45, 2.75) is 95.3 Å². The maximum atomic E-state index is 13.9. The van der Waals surface area contributed by atoms with Crippen molar-refractivity contribution in [2.75, 3.05) is 56.0 Å². The van der Waals surface area contributed by atoms with E-state index in [0.717, 1.165) is 45.2 Å². The number of carbonyl (C=O) groups excluding carboxylic acids is 6. The first-order valence-corrected chi connectivity index (χ1v) is 23.8. The van der Waals surface area contributed by atoms with E-state index >= 15 is 0 Å². The third kappa shape index (κ3) is 27.8. The standard InChI is InChI=1S/C40H59N13O6.3C2HF3O2/c1-26(54)49-38(59)31(14-9-21-47-40(43)44)50-34(55)24-48-37(58)30(13-8-20-46-39(41)42)45-19-7-6-10-27-17-22-52(23-18-27)25-35(56)53-32-15-4-2-11-28(32)36(57)51-29-12-3-5-16-33(29)53;3*3-2(4,5)1(6)7/h2-5,11-12,15-16,27,30-31,45H,6-10,13-14,17-25H2,1H3,(H,48,58)(H,50,55)(H,51,57)(H4,41,42,46)(H4,43,44,47)(H,49,54,59);3*(H,6,7)/t30-,31-;;;/m0.../s1. The summed E-state index contributed by atoms with van der Waals surface area (Å²) in [4.78, 5) is 115. The molecule has 1 fully saturated rings. The van der Waals surface area contributed by atoms with Crippen molar-refractivity contribution >= 4 is 82.3 Å². The van der Waals surface area contributed by atoms with Crippen LogP contribution in [0, 0.1) is 5.92 Å². The summed E-state index contributed by atoms with van der Waals surface area (Å²) in [7, 11) is 0. The molecule has 0 saturated carbocycles. The number of hydrogen-bond acceptors (Lipinski definition) is 13. The van der Waals surface area contributed by atoms with Gasteiger partial charge in [0.1, 0.15) is 6.04 Å². The summed E-state index contributed by atoms with van der Waals surface area (Å²) in [6.07, 6.45) is -9.11. The lowest BCUT2D eigenvalue weighted by Gasteiger charge is -2.33. The molecule has 34 heteroatoms. The van der Waals surface area contributed by atoms with Crippen LogP contribution in [-0.2, 0) is 38.4 Å². The van der Waals surface area contributed by atoms with Gasteiger partial charge in [-0.3, -0.25) is 53.9 Å². The van der Waals surface area contributed by atoms with E-state index in [1.807, 2.05) is 24.3 Å². The Bertz CT molecular complexity index is 2430. The summed E-state index contributed by atoms with van der Waals surface area (Å²) in [5.41, 5.74) is 23.9. The number of aliphatic imine (C=N–C) groups is 2. The number of fused-ring (bicyclic) bond motifs is 2. The molecule has 2 aromatic rings. The number of likely N-dealkylation sites (tertiary alicyclic amines) is 1. The molecule has 2 heterocycles. The summed E-state index contributed by atoms with van der Waals surface area (Å²) >= 11 is 0. The number of imide groups is 1. The van der Waals surface area contributed by atoms with Crippen LogP contribution in [0.3, 0.4) is 0 Å². The molecule has 2 aliphatic rings. The first-order chi connectivity index (χ1) is 37.1. The number of nitrogens with one attached hydrogen (secondary N) is 5. The van der Waals surface area contributed by atoms with Gasteiger partial charge < -0.3 is 59.5 Å². The van der Waals surface area contributed by atoms with E-state index in [2.05, 4.69) is 41.5 Å². The molecule has 0 unspecified atom stereocenters. The molecule has 2 atom stereocenters. The number of nitrogens with two attached hydrogens (primary N) is 4. The normalized spacial score (nSPS) is 14.0. The number of anilines is 3. The van der Waals surface area contributed by atoms with Gasteiger partial charge in [-0.2, -0.15) is 39.5 Å². The summed E-state index contributed by atoms with van der Waals surface area (Å²) in [5, 5.41) is 35.0. The number of piperidine rings is 1. The quantitative estimate of drug-likeness (QED) is 0.0368. The Kier molecular flexibility index (Phi) is 29.5. The van der Waals surface area contributed by atoms with Gasteiger partial charge in [-0.15, -0.1) is 0 Å². The number of halogens is 9. The van der Waals surface area contributed by atoms with Crippen LogP contribution in [0.5, 0.6) is 0 Å². The highest BCUT2D eigenvalue weighted by Crippen LogP contribution is 2.38. The Labute approximate surface area is 450 Å². The second kappa shape index (κ2) is 33.9. The van der Waals surface area contributed by atoms with Gasteiger partial charge in [0.15, 0.2) is 11.9 Å². The van der Waals surface area contributed by atoms with Crippen LogP contribution in [0.1, 0.15) is 75.1 Å². The fraction of sp³-hybridized carbons (Fsp3) is 0.500. The Morgan fingerprint density at radius 1 is 0.688 bits per heavy atom. The van der Waals surface area contributed by atoms with Crippen molar-refractivity contribution in [3.05, 3.63) is 54.1 Å². The monoisotopic (exact) mass is 1160 g/mol. The van der Waals surface area contributed by atoms with Gasteiger partial charge in [-0.25, -0.2) is 14.4 Å². The largest absolute Gasteiger partial charge is 0.490 e. The van der Waals surface area contributed by atoms with Crippen molar-refractivity contribution in [3.8, 4) is 0 Å². The molecule has 80 heavy (non-hydrogen) atoms. The Hall–Kier alpha value is -8.30. The van der Waals surface area contributed by atoms with Crippen molar-refractivity contribution in [1.82, 2.24) is 26.2 Å². The maximum Gasteiger partial charge on any atom is 0.490 e. The Morgan fingerprint density at radius 2 is 1.16 bits per heavy atom. The molecule has 1 saturated heterocycles. The number of alkyl halides is 9. The fourth-order valence-electron chi connectivity index (χ4n) is 7.15. The number of benzene rings is 2. The lowest BCUT2D eigenvalue weighted by Crippen LogP contribution is -2.52. The van der Waals surface area contributed by atoms with Gasteiger partial charge >= 0.3 is 36.4 Å². The fourth-order valence-corrected chi connectivity index (χ4v) is 7.15. The van der Waals surface area contributed by atoms with E-state index in [-0.39, 0.29) is 55.7 Å². The molecule has 4 rings (SSSR count). The molecule has 16 N–H and O–H groups in total. The molecular weight excluding hydrogens is 1100 g/mol. The van der Waals surface area contributed by atoms with Crippen LogP contribution in [0.25, 0.3) is 0 Å². The smallest absolute Gasteiger partial charge is 0.475 e. The van der Waals surface area contributed by atoms with Gasteiger partial charge in [0, 0.05) is 20.0 Å². The average Bonchev–Trinajstić information content (AvgIpc) is 3.48. The van der Waals surface area contributed by atoms with Crippen molar-refractivity contribution in [3.63, 3.8) is 0 Å². The van der Waals surface area contributed by atoms with E-state index in [1.54, 1.807) is 29.2 Å². The van der Waals surface area contributed by atoms with Gasteiger partial charge in [0.05, 0.1) is 41.8 Å². The van der Waals surface area contributed by atoms with Crippen LogP contribution < -0.4 is 54.4 Å². The van der Waals surface area contributed by atoms with Gasteiger partial charge in [-0.1, -0.05) is 37.1 Å². The average molecular weight is 1160 g/mol. The molecule has 2 aliphatic heterocycles. The SMILES string of the molecule is CC(=O)NC(=O)[C@H](CCCN=C(N)N)NC(=O)CNC(=O)[C@H](CCCN=C(N)N)NCCCCC1CCN(CC(=O)N2c3ccccc3NC(=O)c3ccccc32)CC1.O=C(O)C(F)(F)F.O=C(O)C(F)(F)F.O=C(O)C(F)(F)F. The summed E-state index contributed by atoms with van der Waals surface area (Å²) in [6.45, 7) is 3.74. The zero-order valence-electron chi connectivity index (χ0n) is 42.7. The van der Waals surface area contributed by atoms with Gasteiger partial charge in [-0.05, 0) is 94.8 Å². The van der Waals surface area contributed by atoms with Crippen LogP contribution >= 0.6 is 0 Å². The Morgan fingerprint density at radius 3 is 1.65 bits per heavy atom. The summed E-state index contributed by atoms with van der Waals surface area (Å²) in [6, 6.07) is 12.8. The highest BCUT2D eigenvalue weighted by Gasteiger charge is 2.40. The predicted molar refractivity (Wildman–Crippen MR) is 267 cm³/mol. The number of hydrogen-bond donors (Lipinski definition) is 12. The number of rotatable bonds is 21. The number of carboxylic acid groups (broad SMARTS) is 3. The number of carbonyl (C=O) groups is 9. The van der Waals surface area contributed by atoms with Crippen LogP contribution in [0.4, 0.5) is 56.6 Å². The number of para-hydroxylation sites is 3. The minimum absolute atomic E-state index is 0.0427. The van der Waals surface area contributed by atoms with E-state index < -0.39 is 66.2 Å². The van der Waals surface area contributed by atoms with Crippen LogP contribution in [-0.4, -0.2) is 162 Å². The third-order valence-electron chi connectivity index (χ3n) is 10.8. The second-order valence-electron chi connectivity index (χ2n) is 17.1. The molecule has 0 spiro atoms. The number of carboxylic acids is 3. The van der Waals surface area contributed by atoms with Crippen molar-refractivity contribution < 1.29 is 98.0 Å². The Balaban J connectivity index is 0.00000128. The van der Waals surface area contributed by atoms with Gasteiger partial charge in [0.25, 0.3) is 5.91 Å². The van der Waals surface area contributed by atoms with Crippen LogP contribution in [0.2, 0.25) is 0 Å². The van der Waals surface area contributed by atoms with Crippen molar-refractivity contribution in [1.29, 1.82) is 0 Å². The zero-order valence-corrected chi connectivity index (χ0v) is 42.7. The molecule has 0 aliphatic carbocycles. The number of nitrogens with zero attached hydrogens (tertiary/aromatic N) is 4. The minimum Gasteiger partial charge on any atom is -0.475 e. The zero-order chi connectivity index (χ0) is 61.0. The lowest BCUT2D eigenvalue weighted by atomic mass is 9.91. The molecular formula is C46H62F9N13O12.